The molecule has 5 rings (SSSR count). The lowest BCUT2D eigenvalue weighted by molar-refractivity contribution is -0.386. The van der Waals surface area contributed by atoms with Crippen LogP contribution in [0.2, 0.25) is 0 Å². The van der Waals surface area contributed by atoms with Gasteiger partial charge in [0.2, 0.25) is 5.91 Å². The van der Waals surface area contributed by atoms with Gasteiger partial charge in [0.15, 0.2) is 17.0 Å². The minimum Gasteiger partial charge on any atom is -0.370 e. The highest BCUT2D eigenvalue weighted by atomic mass is 33.1. The second-order valence-corrected chi connectivity index (χ2v) is 11.7. The van der Waals surface area contributed by atoms with Crippen molar-refractivity contribution in [3.05, 3.63) is 77.0 Å². The first kappa shape index (κ1) is 28.9. The number of amides is 1. The Morgan fingerprint density at radius 2 is 2.05 bits per heavy atom. The van der Waals surface area contributed by atoms with Crippen LogP contribution in [-0.2, 0) is 20.9 Å². The Labute approximate surface area is 244 Å². The van der Waals surface area contributed by atoms with Gasteiger partial charge >= 0.3 is 0 Å². The lowest BCUT2D eigenvalue weighted by atomic mass is 10.1. The molecule has 1 fully saturated rings. The van der Waals surface area contributed by atoms with E-state index in [9.17, 15) is 14.9 Å². The van der Waals surface area contributed by atoms with Gasteiger partial charge in [-0.05, 0) is 41.8 Å². The first-order valence-electron chi connectivity index (χ1n) is 13.2. The van der Waals surface area contributed by atoms with Crippen molar-refractivity contribution < 1.29 is 19.2 Å². The fourth-order valence-corrected chi connectivity index (χ4v) is 6.52. The number of benzene rings is 1. The molecule has 1 aliphatic rings. The number of rotatable bonds is 13. The number of anilines is 1. The third kappa shape index (κ3) is 7.19. The zero-order valence-corrected chi connectivity index (χ0v) is 23.9. The van der Waals surface area contributed by atoms with Crippen LogP contribution in [0.25, 0.3) is 11.2 Å². The number of aromatic nitrogens is 5. The number of nitrogens with one attached hydrogen (secondary N) is 1. The van der Waals surface area contributed by atoms with Gasteiger partial charge in [-0.15, -0.1) is 0 Å². The molecular weight excluding hydrogens is 566 g/mol. The molecule has 1 N–H and O–H groups in total. The molecule has 0 radical (unpaired) electrons. The summed E-state index contributed by atoms with van der Waals surface area (Å²) in [6, 6.07) is 12.3. The molecule has 3 atom stereocenters. The zero-order valence-electron chi connectivity index (χ0n) is 22.3. The predicted octanol–water partition coefficient (Wildman–Crippen LogP) is 5.57. The number of carbonyl (C=O) groups excluding carboxylic acids is 1. The fraction of sp³-hybridized carbons (Fsp3) is 0.370. The van der Waals surface area contributed by atoms with Gasteiger partial charge < -0.3 is 14.8 Å². The maximum Gasteiger partial charge on any atom is 0.274 e. The highest BCUT2D eigenvalue weighted by Crippen LogP contribution is 2.35. The number of nitro benzene ring substituents is 1. The summed E-state index contributed by atoms with van der Waals surface area (Å²) in [6.07, 6.45) is 6.21. The Bertz CT molecular complexity index is 1490. The van der Waals surface area contributed by atoms with Gasteiger partial charge in [-0.1, -0.05) is 35.9 Å². The molecule has 0 aliphatic carbocycles. The average Bonchev–Trinajstić information content (AvgIpc) is 3.61. The number of fused-ring (bicyclic) bond motifs is 1. The van der Waals surface area contributed by atoms with Crippen LogP contribution in [-0.4, -0.2) is 53.3 Å². The smallest absolute Gasteiger partial charge is 0.274 e. The van der Waals surface area contributed by atoms with Crippen LogP contribution in [0, 0.1) is 10.1 Å². The number of hydrogen-bond donors (Lipinski definition) is 1. The molecule has 1 saturated heterocycles. The quantitative estimate of drug-likeness (QED) is 0.0895. The van der Waals surface area contributed by atoms with E-state index in [4.69, 9.17) is 9.47 Å². The van der Waals surface area contributed by atoms with Crippen molar-refractivity contribution in [2.45, 2.75) is 62.7 Å². The Morgan fingerprint density at radius 1 is 1.20 bits per heavy atom. The van der Waals surface area contributed by atoms with Gasteiger partial charge in [-0.25, -0.2) is 19.9 Å². The second-order valence-electron chi connectivity index (χ2n) is 9.28. The van der Waals surface area contributed by atoms with E-state index in [0.717, 1.165) is 10.8 Å². The first-order chi connectivity index (χ1) is 20.0. The van der Waals surface area contributed by atoms with Crippen molar-refractivity contribution in [1.29, 1.82) is 0 Å². The van der Waals surface area contributed by atoms with Crippen LogP contribution in [0.4, 0.5) is 11.5 Å². The van der Waals surface area contributed by atoms with Gasteiger partial charge in [0.05, 0.1) is 35.6 Å². The molecule has 0 bridgehead atoms. The summed E-state index contributed by atoms with van der Waals surface area (Å²) in [5.41, 5.74) is 1.56. The number of para-hydroxylation sites is 1. The van der Waals surface area contributed by atoms with Crippen molar-refractivity contribution in [1.82, 2.24) is 24.5 Å². The molecule has 4 heterocycles. The van der Waals surface area contributed by atoms with Crippen LogP contribution in [0.1, 0.15) is 44.4 Å². The predicted molar refractivity (Wildman–Crippen MR) is 156 cm³/mol. The molecule has 3 aromatic heterocycles. The van der Waals surface area contributed by atoms with Crippen molar-refractivity contribution in [3.63, 3.8) is 0 Å². The highest BCUT2D eigenvalue weighted by molar-refractivity contribution is 8.76. The van der Waals surface area contributed by atoms with E-state index in [-0.39, 0.29) is 30.4 Å². The molecule has 1 unspecified atom stereocenters. The van der Waals surface area contributed by atoms with E-state index in [2.05, 4.69) is 25.3 Å². The van der Waals surface area contributed by atoms with Gasteiger partial charge in [0.25, 0.3) is 5.69 Å². The minimum absolute atomic E-state index is 0.0324. The number of nitrogens with zero attached hydrogens (tertiary/aromatic N) is 6. The SMILES string of the molecule is CCC1O[C@@H](n2cnc3c(NC(=O)CCCSSc4ccccn4)ncnc32)C[C@H]1OCc1ccccc1[N+](=O)[O-]. The number of ether oxygens (including phenoxy) is 2. The maximum atomic E-state index is 12.6. The van der Waals surface area contributed by atoms with Crippen LogP contribution in [0.5, 0.6) is 0 Å². The van der Waals surface area contributed by atoms with Gasteiger partial charge in [-0.2, -0.15) is 0 Å². The molecule has 214 valence electrons. The molecule has 14 heteroatoms. The van der Waals surface area contributed by atoms with Gasteiger partial charge in [-0.3, -0.25) is 19.5 Å². The summed E-state index contributed by atoms with van der Waals surface area (Å²) >= 11 is 0. The molecular formula is C27H29N7O5S2. The third-order valence-electron chi connectivity index (χ3n) is 6.56. The zero-order chi connectivity index (χ0) is 28.6. The number of carbonyl (C=O) groups is 1. The number of imidazole rings is 1. The summed E-state index contributed by atoms with van der Waals surface area (Å²) in [5, 5.41) is 15.2. The molecule has 1 aliphatic heterocycles. The van der Waals surface area contributed by atoms with E-state index in [1.54, 1.807) is 52.3 Å². The summed E-state index contributed by atoms with van der Waals surface area (Å²) in [4.78, 5) is 41.0. The van der Waals surface area contributed by atoms with Gasteiger partial charge in [0, 0.05) is 30.9 Å². The minimum atomic E-state index is -0.403. The third-order valence-corrected chi connectivity index (χ3v) is 8.92. The van der Waals surface area contributed by atoms with Crippen LogP contribution in [0.3, 0.4) is 0 Å². The molecule has 1 amide bonds. The molecule has 1 aromatic carbocycles. The largest absolute Gasteiger partial charge is 0.370 e. The van der Waals surface area contributed by atoms with E-state index in [1.807, 2.05) is 29.7 Å². The van der Waals surface area contributed by atoms with Crippen LogP contribution in [0.15, 0.2) is 66.3 Å². The maximum absolute atomic E-state index is 12.6. The molecule has 41 heavy (non-hydrogen) atoms. The van der Waals surface area contributed by atoms with E-state index < -0.39 is 11.2 Å². The van der Waals surface area contributed by atoms with Crippen LogP contribution < -0.4 is 5.32 Å². The van der Waals surface area contributed by atoms with E-state index >= 15 is 0 Å². The monoisotopic (exact) mass is 595 g/mol. The molecule has 0 spiro atoms. The number of pyridine rings is 1. The highest BCUT2D eigenvalue weighted by Gasteiger charge is 2.37. The Balaban J connectivity index is 1.18. The summed E-state index contributed by atoms with van der Waals surface area (Å²) in [6.45, 7) is 2.11. The first-order valence-corrected chi connectivity index (χ1v) is 15.5. The summed E-state index contributed by atoms with van der Waals surface area (Å²) in [7, 11) is 3.25. The standard InChI is InChI=1S/C27H29N7O5S2/c1-2-20-21(38-15-18-8-3-4-9-19(18)34(36)37)14-24(39-20)33-17-31-25-26(29-16-30-27(25)33)32-22(35)10-7-13-40-41-23-11-5-6-12-28-23/h3-6,8-9,11-12,16-17,20-21,24H,2,7,10,13-15H2,1H3,(H,29,30,32,35)/t20?,21-,24-/m1/s1. The van der Waals surface area contributed by atoms with Crippen molar-refractivity contribution in [2.24, 2.45) is 0 Å². The van der Waals surface area contributed by atoms with Crippen LogP contribution >= 0.6 is 21.6 Å². The average molecular weight is 596 g/mol. The topological polar surface area (TPSA) is 147 Å². The van der Waals surface area contributed by atoms with Gasteiger partial charge in [0.1, 0.15) is 17.6 Å². The fourth-order valence-electron chi connectivity index (χ4n) is 4.56. The van der Waals surface area contributed by atoms with E-state index in [0.29, 0.717) is 48.2 Å². The molecule has 0 saturated carbocycles. The Morgan fingerprint density at radius 3 is 2.85 bits per heavy atom. The summed E-state index contributed by atoms with van der Waals surface area (Å²) < 4.78 is 14.2. The normalized spacial score (nSPS) is 18.5. The second kappa shape index (κ2) is 13.9. The lowest BCUT2D eigenvalue weighted by Crippen LogP contribution is -2.23. The Hall–Kier alpha value is -3.59. The van der Waals surface area contributed by atoms with Crippen molar-refractivity contribution in [2.75, 3.05) is 11.1 Å². The Kier molecular flexibility index (Phi) is 9.77. The van der Waals surface area contributed by atoms with Crippen molar-refractivity contribution in [3.8, 4) is 0 Å². The van der Waals surface area contributed by atoms with Crippen molar-refractivity contribution >= 4 is 50.2 Å². The van der Waals surface area contributed by atoms with E-state index in [1.165, 1.54) is 12.4 Å². The lowest BCUT2D eigenvalue weighted by Gasteiger charge is -2.17. The number of hydrogen-bond acceptors (Lipinski definition) is 11. The molecule has 12 nitrogen and oxygen atoms in total. The number of nitro groups is 1. The molecule has 4 aromatic rings. The summed E-state index contributed by atoms with van der Waals surface area (Å²) in [5.74, 6) is 1.01.